The number of phenols is 4. The van der Waals surface area contributed by atoms with Gasteiger partial charge in [-0.15, -0.1) is 0 Å². The summed E-state index contributed by atoms with van der Waals surface area (Å²) < 4.78 is 5.30. The van der Waals surface area contributed by atoms with Crippen molar-refractivity contribution in [1.82, 2.24) is 0 Å². The normalized spacial score (nSPS) is 20.0. The lowest BCUT2D eigenvalue weighted by Crippen LogP contribution is -2.37. The molecule has 2 aromatic carbocycles. The molecule has 1 atom stereocenters. The van der Waals surface area contributed by atoms with Gasteiger partial charge in [0.15, 0.2) is 17.3 Å². The van der Waals surface area contributed by atoms with E-state index in [-0.39, 0.29) is 28.4 Å². The first-order valence-corrected chi connectivity index (χ1v) is 6.22. The lowest BCUT2D eigenvalue weighted by molar-refractivity contribution is -0.139. The minimum atomic E-state index is -2.33. The highest BCUT2D eigenvalue weighted by Gasteiger charge is 2.41. The number of hydrogen-bond acceptors (Lipinski definition) is 7. The van der Waals surface area contributed by atoms with Crippen molar-refractivity contribution in [3.8, 4) is 28.7 Å². The molecule has 0 amide bonds. The van der Waals surface area contributed by atoms with Gasteiger partial charge in [0.05, 0.1) is 5.56 Å². The van der Waals surface area contributed by atoms with Gasteiger partial charge in [-0.1, -0.05) is 0 Å². The van der Waals surface area contributed by atoms with Crippen LogP contribution in [0.1, 0.15) is 11.1 Å². The molecule has 1 aliphatic rings. The Bertz CT molecular complexity index is 797. The van der Waals surface area contributed by atoms with Crippen LogP contribution in [0, 0.1) is 0 Å². The predicted octanol–water partition coefficient (Wildman–Crippen LogP) is 1.65. The van der Waals surface area contributed by atoms with Gasteiger partial charge in [0.2, 0.25) is 0 Å². The van der Waals surface area contributed by atoms with Crippen molar-refractivity contribution in [3.63, 3.8) is 0 Å². The first kappa shape index (κ1) is 13.9. The van der Waals surface area contributed by atoms with Gasteiger partial charge in [-0.25, -0.2) is 0 Å². The average Bonchev–Trinajstić information content (AvgIpc) is 2.44. The van der Waals surface area contributed by atoms with E-state index in [1.165, 1.54) is 6.07 Å². The van der Waals surface area contributed by atoms with Gasteiger partial charge in [-0.2, -0.15) is 0 Å². The zero-order valence-electron chi connectivity index (χ0n) is 11.1. The second-order valence-electron chi connectivity index (χ2n) is 4.86. The molecule has 7 heteroatoms. The molecule has 0 fully saturated rings. The SMILES string of the molecule is OC1=Cc2c(O)cc(O)cc2O[C@]1(O)c1ccc(O)c(O)c1. The highest BCUT2D eigenvalue weighted by Crippen LogP contribution is 2.45. The minimum absolute atomic E-state index is 0.0509. The molecular formula is C15H12O7. The van der Waals surface area contributed by atoms with E-state index in [2.05, 4.69) is 0 Å². The summed E-state index contributed by atoms with van der Waals surface area (Å²) in [6, 6.07) is 5.60. The molecule has 3 rings (SSSR count). The Morgan fingerprint density at radius 2 is 1.55 bits per heavy atom. The van der Waals surface area contributed by atoms with Crippen LogP contribution in [0.15, 0.2) is 36.1 Å². The Labute approximate surface area is 124 Å². The maximum absolute atomic E-state index is 10.6. The zero-order chi connectivity index (χ0) is 16.1. The van der Waals surface area contributed by atoms with Crippen molar-refractivity contribution >= 4 is 6.08 Å². The largest absolute Gasteiger partial charge is 0.508 e. The van der Waals surface area contributed by atoms with Gasteiger partial charge >= 0.3 is 0 Å². The van der Waals surface area contributed by atoms with Crippen molar-refractivity contribution in [2.24, 2.45) is 0 Å². The molecule has 0 bridgehead atoms. The molecule has 2 aromatic rings. The molecule has 7 nitrogen and oxygen atoms in total. The molecule has 6 N–H and O–H groups in total. The Kier molecular flexibility index (Phi) is 2.82. The third-order valence-electron chi connectivity index (χ3n) is 3.36. The fourth-order valence-electron chi connectivity index (χ4n) is 2.21. The van der Waals surface area contributed by atoms with Gasteiger partial charge < -0.3 is 35.4 Å². The molecule has 0 aromatic heterocycles. The van der Waals surface area contributed by atoms with Crippen molar-refractivity contribution in [3.05, 3.63) is 47.2 Å². The number of rotatable bonds is 1. The summed E-state index contributed by atoms with van der Waals surface area (Å²) in [5.74, 6) is -4.57. The second kappa shape index (κ2) is 4.47. The van der Waals surface area contributed by atoms with Gasteiger partial charge in [-0.3, -0.25) is 0 Å². The highest BCUT2D eigenvalue weighted by atomic mass is 16.6. The van der Waals surface area contributed by atoms with E-state index in [1.54, 1.807) is 0 Å². The van der Waals surface area contributed by atoms with E-state index >= 15 is 0 Å². The number of phenolic OH excluding ortho intramolecular Hbond substituents is 4. The molecule has 0 spiro atoms. The Morgan fingerprint density at radius 3 is 2.23 bits per heavy atom. The third kappa shape index (κ3) is 1.95. The number of aromatic hydroxyl groups is 4. The Hall–Kier alpha value is -3.06. The molecular weight excluding hydrogens is 292 g/mol. The predicted molar refractivity (Wildman–Crippen MR) is 74.7 cm³/mol. The molecule has 0 radical (unpaired) electrons. The van der Waals surface area contributed by atoms with Crippen molar-refractivity contribution in [1.29, 1.82) is 0 Å². The number of aliphatic hydroxyl groups is 2. The summed E-state index contributed by atoms with van der Waals surface area (Å²) in [6.45, 7) is 0. The van der Waals surface area contributed by atoms with Crippen molar-refractivity contribution < 1.29 is 35.4 Å². The van der Waals surface area contributed by atoms with Crippen LogP contribution in [0.2, 0.25) is 0 Å². The fourth-order valence-corrected chi connectivity index (χ4v) is 2.21. The number of aliphatic hydroxyl groups excluding tert-OH is 1. The molecule has 0 unspecified atom stereocenters. The molecule has 0 saturated carbocycles. The maximum Gasteiger partial charge on any atom is 0.294 e. The summed E-state index contributed by atoms with van der Waals surface area (Å²) in [5, 5.41) is 58.6. The van der Waals surface area contributed by atoms with Gasteiger partial charge in [0.25, 0.3) is 5.79 Å². The van der Waals surface area contributed by atoms with Crippen LogP contribution in [0.5, 0.6) is 28.7 Å². The van der Waals surface area contributed by atoms with Crippen LogP contribution in [-0.2, 0) is 5.79 Å². The number of fused-ring (bicyclic) bond motifs is 1. The van der Waals surface area contributed by atoms with Crippen LogP contribution in [0.3, 0.4) is 0 Å². The van der Waals surface area contributed by atoms with Crippen molar-refractivity contribution in [2.75, 3.05) is 0 Å². The number of hydrogen-bond donors (Lipinski definition) is 6. The average molecular weight is 304 g/mol. The standard InChI is InChI=1S/C15H12O7/c16-8-4-11(18)9-6-14(20)15(21,22-13(9)5-8)7-1-2-10(17)12(19)3-7/h1-6,16-21H/t15-/m1/s1. The Morgan fingerprint density at radius 1 is 0.818 bits per heavy atom. The van der Waals surface area contributed by atoms with E-state index in [0.717, 1.165) is 30.3 Å². The van der Waals surface area contributed by atoms with Crippen LogP contribution in [0.25, 0.3) is 6.08 Å². The molecule has 0 aliphatic carbocycles. The quantitative estimate of drug-likeness (QED) is 0.442. The number of benzene rings is 2. The summed E-state index contributed by atoms with van der Waals surface area (Å²) in [7, 11) is 0. The van der Waals surface area contributed by atoms with Crippen LogP contribution in [0.4, 0.5) is 0 Å². The molecule has 114 valence electrons. The maximum atomic E-state index is 10.6. The highest BCUT2D eigenvalue weighted by molar-refractivity contribution is 5.70. The van der Waals surface area contributed by atoms with E-state index < -0.39 is 23.0 Å². The summed E-state index contributed by atoms with van der Waals surface area (Å²) in [4.78, 5) is 0. The topological polar surface area (TPSA) is 131 Å². The fraction of sp³-hybridized carbons (Fsp3) is 0.0667. The van der Waals surface area contributed by atoms with Gasteiger partial charge in [0.1, 0.15) is 17.2 Å². The van der Waals surface area contributed by atoms with E-state index in [4.69, 9.17) is 4.74 Å². The molecule has 22 heavy (non-hydrogen) atoms. The monoisotopic (exact) mass is 304 g/mol. The summed E-state index contributed by atoms with van der Waals surface area (Å²) in [5.41, 5.74) is 0.0352. The van der Waals surface area contributed by atoms with Crippen molar-refractivity contribution in [2.45, 2.75) is 5.79 Å². The summed E-state index contributed by atoms with van der Waals surface area (Å²) >= 11 is 0. The first-order valence-electron chi connectivity index (χ1n) is 6.22. The zero-order valence-corrected chi connectivity index (χ0v) is 11.1. The van der Waals surface area contributed by atoms with Crippen LogP contribution in [-0.4, -0.2) is 30.6 Å². The molecule has 1 heterocycles. The second-order valence-corrected chi connectivity index (χ2v) is 4.86. The Balaban J connectivity index is 2.15. The number of ether oxygens (including phenoxy) is 1. The molecule has 1 aliphatic heterocycles. The summed E-state index contributed by atoms with van der Waals surface area (Å²) in [6.07, 6.45) is 1.08. The van der Waals surface area contributed by atoms with Crippen LogP contribution < -0.4 is 4.74 Å². The van der Waals surface area contributed by atoms with Gasteiger partial charge in [-0.05, 0) is 24.3 Å². The minimum Gasteiger partial charge on any atom is -0.508 e. The van der Waals surface area contributed by atoms with Gasteiger partial charge in [0, 0.05) is 17.7 Å². The van der Waals surface area contributed by atoms with E-state index in [9.17, 15) is 30.6 Å². The smallest absolute Gasteiger partial charge is 0.294 e. The lowest BCUT2D eigenvalue weighted by Gasteiger charge is -2.32. The lowest BCUT2D eigenvalue weighted by atomic mass is 9.98. The van der Waals surface area contributed by atoms with E-state index in [0.29, 0.717) is 0 Å². The van der Waals surface area contributed by atoms with E-state index in [1.807, 2.05) is 0 Å². The van der Waals surface area contributed by atoms with Crippen LogP contribution >= 0.6 is 0 Å². The molecule has 0 saturated heterocycles. The third-order valence-corrected chi connectivity index (χ3v) is 3.36. The first-order chi connectivity index (χ1) is 10.3.